The van der Waals surface area contributed by atoms with Crippen molar-refractivity contribution in [2.45, 2.75) is 0 Å². The molecule has 0 aliphatic carbocycles. The van der Waals surface area contributed by atoms with Gasteiger partial charge in [0.05, 0.1) is 5.52 Å². The summed E-state index contributed by atoms with van der Waals surface area (Å²) in [7, 11) is 0. The summed E-state index contributed by atoms with van der Waals surface area (Å²) in [6.07, 6.45) is 5.43. The molecule has 20 heavy (non-hydrogen) atoms. The third-order valence-electron chi connectivity index (χ3n) is 3.06. The van der Waals surface area contributed by atoms with Gasteiger partial charge in [0, 0.05) is 29.4 Å². The van der Waals surface area contributed by atoms with Gasteiger partial charge in [0.25, 0.3) is 0 Å². The van der Waals surface area contributed by atoms with E-state index >= 15 is 0 Å². The van der Waals surface area contributed by atoms with Gasteiger partial charge >= 0.3 is 0 Å². The Bertz CT molecular complexity index is 729. The van der Waals surface area contributed by atoms with E-state index in [0.717, 1.165) is 5.52 Å². The Morgan fingerprint density at radius 2 is 1.30 bits per heavy atom. The van der Waals surface area contributed by atoms with Crippen LogP contribution in [0.3, 0.4) is 0 Å². The number of para-hydroxylation sites is 1. The van der Waals surface area contributed by atoms with E-state index in [0.29, 0.717) is 0 Å². The van der Waals surface area contributed by atoms with Gasteiger partial charge < -0.3 is 0 Å². The fraction of sp³-hybridized carbons (Fsp3) is 0. The fourth-order valence-electron chi connectivity index (χ4n) is 2.12. The maximum Gasteiger partial charge on any atom is 0.0708 e. The maximum absolute atomic E-state index is 4.41. The van der Waals surface area contributed by atoms with E-state index in [-0.39, 0.29) is 0 Å². The van der Waals surface area contributed by atoms with Crippen molar-refractivity contribution in [2.75, 3.05) is 0 Å². The topological polar surface area (TPSA) is 25.8 Å². The second-order valence-electron chi connectivity index (χ2n) is 4.39. The summed E-state index contributed by atoms with van der Waals surface area (Å²) in [6.45, 7) is 0. The molecular weight excluding hydrogens is 244 g/mol. The van der Waals surface area contributed by atoms with E-state index in [1.807, 2.05) is 42.6 Å². The van der Waals surface area contributed by atoms with E-state index in [4.69, 9.17) is 0 Å². The lowest BCUT2D eigenvalue weighted by Gasteiger charge is -2.01. The first-order valence-electron chi connectivity index (χ1n) is 6.52. The largest absolute Gasteiger partial charge is 0.265 e. The quantitative estimate of drug-likeness (QED) is 0.435. The number of aromatic nitrogens is 2. The number of pyridine rings is 2. The molecule has 0 aliphatic heterocycles. The fourth-order valence-corrected chi connectivity index (χ4v) is 2.12. The van der Waals surface area contributed by atoms with E-state index in [1.54, 1.807) is 12.4 Å². The minimum absolute atomic E-state index is 1.06. The predicted octanol–water partition coefficient (Wildman–Crippen LogP) is 4.47. The van der Waals surface area contributed by atoms with Gasteiger partial charge in [-0.3, -0.25) is 9.97 Å². The van der Waals surface area contributed by atoms with Crippen molar-refractivity contribution in [3.8, 4) is 0 Å². The molecule has 2 aromatic carbocycles. The van der Waals surface area contributed by atoms with Crippen LogP contribution in [0.4, 0.5) is 0 Å². The third kappa shape index (κ3) is 2.64. The summed E-state index contributed by atoms with van der Waals surface area (Å²) in [6, 6.07) is 22.3. The number of hydrogen-bond acceptors (Lipinski definition) is 2. The van der Waals surface area contributed by atoms with Gasteiger partial charge in [-0.05, 0) is 23.6 Å². The molecule has 0 bridgehead atoms. The van der Waals surface area contributed by atoms with Crippen LogP contribution in [0, 0.1) is 0 Å². The third-order valence-corrected chi connectivity index (χ3v) is 3.06. The van der Waals surface area contributed by atoms with E-state index in [1.165, 1.54) is 16.2 Å². The molecule has 0 atom stereocenters. The summed E-state index contributed by atoms with van der Waals surface area (Å²) >= 11 is 0. The lowest BCUT2D eigenvalue weighted by molar-refractivity contribution is 1.33. The molecule has 0 fully saturated rings. The molecule has 2 heteroatoms. The van der Waals surface area contributed by atoms with E-state index in [2.05, 4.69) is 40.3 Å². The highest BCUT2D eigenvalue weighted by Gasteiger charge is 1.98. The zero-order valence-electron chi connectivity index (χ0n) is 11.0. The zero-order valence-corrected chi connectivity index (χ0v) is 11.0. The van der Waals surface area contributed by atoms with Gasteiger partial charge in [0.1, 0.15) is 0 Å². The van der Waals surface area contributed by atoms with Crippen LogP contribution in [-0.2, 0) is 0 Å². The van der Waals surface area contributed by atoms with Crippen LogP contribution in [0.1, 0.15) is 0 Å². The molecule has 0 spiro atoms. The minimum Gasteiger partial charge on any atom is -0.265 e. The molecule has 2 heterocycles. The number of nitrogens with zero attached hydrogens (tertiary/aromatic N) is 2. The first kappa shape index (κ1) is 12.3. The smallest absolute Gasteiger partial charge is 0.0708 e. The van der Waals surface area contributed by atoms with E-state index < -0.39 is 0 Å². The van der Waals surface area contributed by atoms with Crippen molar-refractivity contribution in [3.05, 3.63) is 85.3 Å². The summed E-state index contributed by atoms with van der Waals surface area (Å²) in [4.78, 5) is 8.19. The SMILES string of the molecule is c1ccc2c(c1)cnc1ccccc12.c1ccncc1. The molecule has 0 saturated heterocycles. The van der Waals surface area contributed by atoms with E-state index in [9.17, 15) is 0 Å². The van der Waals surface area contributed by atoms with Crippen molar-refractivity contribution < 1.29 is 0 Å². The Morgan fingerprint density at radius 3 is 2.00 bits per heavy atom. The molecule has 0 unspecified atom stereocenters. The van der Waals surface area contributed by atoms with Gasteiger partial charge in [0.2, 0.25) is 0 Å². The Morgan fingerprint density at radius 1 is 0.600 bits per heavy atom. The second kappa shape index (κ2) is 5.93. The van der Waals surface area contributed by atoms with Crippen molar-refractivity contribution in [1.82, 2.24) is 9.97 Å². The van der Waals surface area contributed by atoms with Crippen LogP contribution in [0.5, 0.6) is 0 Å². The zero-order chi connectivity index (χ0) is 13.6. The Balaban J connectivity index is 0.000000170. The second-order valence-corrected chi connectivity index (χ2v) is 4.39. The van der Waals surface area contributed by atoms with Crippen LogP contribution in [0.25, 0.3) is 21.7 Å². The Labute approximate surface area is 117 Å². The van der Waals surface area contributed by atoms with Crippen LogP contribution in [0.2, 0.25) is 0 Å². The lowest BCUT2D eigenvalue weighted by atomic mass is 10.1. The molecular formula is C18H14N2. The number of rotatable bonds is 0. The predicted molar refractivity (Wildman–Crippen MR) is 83.5 cm³/mol. The van der Waals surface area contributed by atoms with Crippen LogP contribution in [0.15, 0.2) is 85.3 Å². The summed E-state index contributed by atoms with van der Waals surface area (Å²) in [5, 5.41) is 3.70. The molecule has 96 valence electrons. The number of fused-ring (bicyclic) bond motifs is 3. The highest BCUT2D eigenvalue weighted by molar-refractivity contribution is 6.05. The lowest BCUT2D eigenvalue weighted by Crippen LogP contribution is -1.80. The van der Waals surface area contributed by atoms with Crippen LogP contribution in [-0.4, -0.2) is 9.97 Å². The van der Waals surface area contributed by atoms with Crippen LogP contribution >= 0.6 is 0 Å². The van der Waals surface area contributed by atoms with Gasteiger partial charge in [0.15, 0.2) is 0 Å². The Hall–Kier alpha value is -2.74. The van der Waals surface area contributed by atoms with Crippen molar-refractivity contribution >= 4 is 21.7 Å². The first-order chi connectivity index (χ1) is 9.95. The minimum atomic E-state index is 1.06. The highest BCUT2D eigenvalue weighted by atomic mass is 14.6. The normalized spacial score (nSPS) is 10.0. The average molecular weight is 258 g/mol. The molecule has 0 aliphatic rings. The molecule has 2 aromatic heterocycles. The van der Waals surface area contributed by atoms with Gasteiger partial charge in [-0.2, -0.15) is 0 Å². The molecule has 2 nitrogen and oxygen atoms in total. The number of benzene rings is 2. The van der Waals surface area contributed by atoms with Crippen molar-refractivity contribution in [3.63, 3.8) is 0 Å². The first-order valence-corrected chi connectivity index (χ1v) is 6.52. The van der Waals surface area contributed by atoms with Crippen molar-refractivity contribution in [2.24, 2.45) is 0 Å². The monoisotopic (exact) mass is 258 g/mol. The highest BCUT2D eigenvalue weighted by Crippen LogP contribution is 2.22. The maximum atomic E-state index is 4.41. The standard InChI is InChI=1S/C13H9N.C5H5N/c1-2-6-11-10(5-1)9-14-13-8-4-3-7-12(11)13;1-2-4-6-5-3-1/h1-9H;1-5H. The Kier molecular flexibility index (Phi) is 3.65. The molecule has 4 rings (SSSR count). The van der Waals surface area contributed by atoms with Gasteiger partial charge in [-0.1, -0.05) is 48.5 Å². The molecule has 4 aromatic rings. The van der Waals surface area contributed by atoms with Crippen molar-refractivity contribution in [1.29, 1.82) is 0 Å². The molecule has 0 saturated carbocycles. The molecule has 0 N–H and O–H groups in total. The van der Waals surface area contributed by atoms with Gasteiger partial charge in [-0.15, -0.1) is 0 Å². The summed E-state index contributed by atoms with van der Waals surface area (Å²) in [5.41, 5.74) is 1.06. The van der Waals surface area contributed by atoms with Crippen LogP contribution < -0.4 is 0 Å². The average Bonchev–Trinajstić information content (AvgIpc) is 2.57. The molecule has 0 amide bonds. The molecule has 0 radical (unpaired) electrons. The summed E-state index contributed by atoms with van der Waals surface area (Å²) in [5.74, 6) is 0. The number of hydrogen-bond donors (Lipinski definition) is 0. The summed E-state index contributed by atoms with van der Waals surface area (Å²) < 4.78 is 0. The van der Waals surface area contributed by atoms with Gasteiger partial charge in [-0.25, -0.2) is 0 Å².